The quantitative estimate of drug-likeness (QED) is 0.938. The number of aliphatic hydroxyl groups is 1. The second kappa shape index (κ2) is 5.67. The van der Waals surface area contributed by atoms with Gasteiger partial charge >= 0.3 is 0 Å². The van der Waals surface area contributed by atoms with Crippen molar-refractivity contribution in [2.45, 2.75) is 32.4 Å². The van der Waals surface area contributed by atoms with Crippen molar-refractivity contribution in [1.29, 1.82) is 0 Å². The van der Waals surface area contributed by atoms with E-state index < -0.39 is 11.9 Å². The van der Waals surface area contributed by atoms with Crippen molar-refractivity contribution in [1.82, 2.24) is 14.8 Å². The maximum Gasteiger partial charge on any atom is 0.138 e. The Kier molecular flexibility index (Phi) is 4.17. The van der Waals surface area contributed by atoms with Crippen LogP contribution >= 0.6 is 11.6 Å². The van der Waals surface area contributed by atoms with Crippen molar-refractivity contribution >= 4 is 11.6 Å². The van der Waals surface area contributed by atoms with E-state index in [9.17, 15) is 9.50 Å². The van der Waals surface area contributed by atoms with Crippen LogP contribution in [0.25, 0.3) is 0 Å². The number of hydrogen-bond donors (Lipinski definition) is 1. The zero-order valence-corrected chi connectivity index (χ0v) is 11.5. The van der Waals surface area contributed by atoms with Gasteiger partial charge in [0.2, 0.25) is 0 Å². The van der Waals surface area contributed by atoms with Crippen LogP contribution in [0.4, 0.5) is 4.39 Å². The average molecular weight is 284 g/mol. The Labute approximate surface area is 115 Å². The first kappa shape index (κ1) is 14.0. The van der Waals surface area contributed by atoms with Gasteiger partial charge in [-0.3, -0.25) is 0 Å². The molecule has 0 fully saturated rings. The van der Waals surface area contributed by atoms with E-state index in [1.807, 2.05) is 13.8 Å². The van der Waals surface area contributed by atoms with Gasteiger partial charge in [0, 0.05) is 17.5 Å². The SMILES string of the molecule is CC(C)n1ncnc1CC(O)c1ccc(F)cc1Cl. The standard InChI is InChI=1S/C13H15ClFN3O/c1-8(2)18-13(16-7-17-18)6-12(19)10-4-3-9(15)5-11(10)14/h3-5,7-8,12,19H,6H2,1-2H3. The van der Waals surface area contributed by atoms with Gasteiger partial charge in [0.1, 0.15) is 18.0 Å². The monoisotopic (exact) mass is 283 g/mol. The Morgan fingerprint density at radius 2 is 2.16 bits per heavy atom. The first-order chi connectivity index (χ1) is 8.99. The molecular formula is C13H15ClFN3O. The summed E-state index contributed by atoms with van der Waals surface area (Å²) in [5.74, 6) is 0.245. The Balaban J connectivity index is 2.21. The van der Waals surface area contributed by atoms with Crippen LogP contribution in [-0.2, 0) is 6.42 Å². The van der Waals surface area contributed by atoms with E-state index in [-0.39, 0.29) is 17.5 Å². The van der Waals surface area contributed by atoms with Crippen LogP contribution in [0.1, 0.15) is 37.4 Å². The molecule has 2 aromatic rings. The van der Waals surface area contributed by atoms with Crippen molar-refractivity contribution in [2.75, 3.05) is 0 Å². The molecule has 0 aliphatic carbocycles. The fourth-order valence-electron chi connectivity index (χ4n) is 1.91. The van der Waals surface area contributed by atoms with Crippen molar-refractivity contribution in [3.63, 3.8) is 0 Å². The molecule has 102 valence electrons. The molecule has 0 aliphatic rings. The van der Waals surface area contributed by atoms with Gasteiger partial charge in [0.05, 0.1) is 6.10 Å². The second-order valence-corrected chi connectivity index (χ2v) is 5.01. The number of hydrogen-bond acceptors (Lipinski definition) is 3. The molecule has 2 rings (SSSR count). The van der Waals surface area contributed by atoms with Crippen LogP contribution in [0.2, 0.25) is 5.02 Å². The number of benzene rings is 1. The first-order valence-corrected chi connectivity index (χ1v) is 6.38. The minimum atomic E-state index is -0.838. The molecule has 0 aliphatic heterocycles. The topological polar surface area (TPSA) is 50.9 Å². The van der Waals surface area contributed by atoms with Crippen LogP contribution in [-0.4, -0.2) is 19.9 Å². The molecule has 0 bridgehead atoms. The first-order valence-electron chi connectivity index (χ1n) is 6.00. The van der Waals surface area contributed by atoms with Gasteiger partial charge in [-0.15, -0.1) is 0 Å². The summed E-state index contributed by atoms with van der Waals surface area (Å²) in [6.07, 6.45) is 0.896. The highest BCUT2D eigenvalue weighted by atomic mass is 35.5. The zero-order valence-electron chi connectivity index (χ0n) is 10.7. The smallest absolute Gasteiger partial charge is 0.138 e. The molecule has 1 heterocycles. The maximum absolute atomic E-state index is 13.0. The van der Waals surface area contributed by atoms with Crippen molar-refractivity contribution in [3.8, 4) is 0 Å². The Morgan fingerprint density at radius 3 is 2.79 bits per heavy atom. The number of halogens is 2. The highest BCUT2D eigenvalue weighted by molar-refractivity contribution is 6.31. The lowest BCUT2D eigenvalue weighted by Crippen LogP contribution is -2.12. The number of nitrogens with zero attached hydrogens (tertiary/aromatic N) is 3. The van der Waals surface area contributed by atoms with E-state index >= 15 is 0 Å². The fourth-order valence-corrected chi connectivity index (χ4v) is 2.20. The predicted octanol–water partition coefficient (Wildman–Crippen LogP) is 2.93. The van der Waals surface area contributed by atoms with Crippen LogP contribution in [0.3, 0.4) is 0 Å². The molecule has 0 amide bonds. The third-order valence-corrected chi connectivity index (χ3v) is 3.16. The predicted molar refractivity (Wildman–Crippen MR) is 70.5 cm³/mol. The molecular weight excluding hydrogens is 269 g/mol. The molecule has 19 heavy (non-hydrogen) atoms. The molecule has 1 atom stereocenters. The lowest BCUT2D eigenvalue weighted by Gasteiger charge is -2.14. The van der Waals surface area contributed by atoms with E-state index in [0.29, 0.717) is 11.4 Å². The van der Waals surface area contributed by atoms with Crippen molar-refractivity contribution in [2.24, 2.45) is 0 Å². The van der Waals surface area contributed by atoms with Crippen LogP contribution < -0.4 is 0 Å². The zero-order chi connectivity index (χ0) is 14.0. The highest BCUT2D eigenvalue weighted by Gasteiger charge is 2.17. The molecule has 1 aromatic heterocycles. The Bertz CT molecular complexity index is 571. The highest BCUT2D eigenvalue weighted by Crippen LogP contribution is 2.26. The Hall–Kier alpha value is -1.46. The molecule has 6 heteroatoms. The summed E-state index contributed by atoms with van der Waals surface area (Å²) in [6, 6.07) is 4.11. The van der Waals surface area contributed by atoms with Gasteiger partial charge in [-0.05, 0) is 31.5 Å². The van der Waals surface area contributed by atoms with Crippen molar-refractivity contribution in [3.05, 3.63) is 46.8 Å². The molecule has 0 saturated carbocycles. The summed E-state index contributed by atoms with van der Waals surface area (Å²) in [5, 5.41) is 14.5. The van der Waals surface area contributed by atoms with E-state index in [1.54, 1.807) is 4.68 Å². The molecule has 0 spiro atoms. The van der Waals surface area contributed by atoms with Crippen LogP contribution in [0.15, 0.2) is 24.5 Å². The number of aromatic nitrogens is 3. The second-order valence-electron chi connectivity index (χ2n) is 4.60. The Morgan fingerprint density at radius 1 is 1.42 bits per heavy atom. The number of aliphatic hydroxyl groups excluding tert-OH is 1. The van der Waals surface area contributed by atoms with Gasteiger partial charge < -0.3 is 5.11 Å². The minimum absolute atomic E-state index is 0.161. The average Bonchev–Trinajstić information content (AvgIpc) is 2.76. The minimum Gasteiger partial charge on any atom is -0.388 e. The molecule has 0 saturated heterocycles. The van der Waals surface area contributed by atoms with Gasteiger partial charge in [-0.1, -0.05) is 17.7 Å². The summed E-state index contributed by atoms with van der Waals surface area (Å²) in [5.41, 5.74) is 0.487. The third kappa shape index (κ3) is 3.11. The van der Waals surface area contributed by atoms with E-state index in [0.717, 1.165) is 0 Å². The summed E-state index contributed by atoms with van der Waals surface area (Å²) in [4.78, 5) is 4.12. The number of rotatable bonds is 4. The van der Waals surface area contributed by atoms with E-state index in [4.69, 9.17) is 11.6 Å². The largest absolute Gasteiger partial charge is 0.388 e. The molecule has 1 unspecified atom stereocenters. The fraction of sp³-hybridized carbons (Fsp3) is 0.385. The van der Waals surface area contributed by atoms with Gasteiger partial charge in [-0.2, -0.15) is 5.10 Å². The summed E-state index contributed by atoms with van der Waals surface area (Å²) < 4.78 is 14.7. The molecule has 1 N–H and O–H groups in total. The van der Waals surface area contributed by atoms with E-state index in [1.165, 1.54) is 24.5 Å². The lowest BCUT2D eigenvalue weighted by molar-refractivity contribution is 0.173. The molecule has 4 nitrogen and oxygen atoms in total. The van der Waals surface area contributed by atoms with Gasteiger partial charge in [-0.25, -0.2) is 14.1 Å². The summed E-state index contributed by atoms with van der Waals surface area (Å²) >= 11 is 5.92. The van der Waals surface area contributed by atoms with Gasteiger partial charge in [0.25, 0.3) is 0 Å². The molecule has 1 aromatic carbocycles. The van der Waals surface area contributed by atoms with E-state index in [2.05, 4.69) is 10.1 Å². The lowest BCUT2D eigenvalue weighted by atomic mass is 10.1. The van der Waals surface area contributed by atoms with Crippen molar-refractivity contribution < 1.29 is 9.50 Å². The normalized spacial score (nSPS) is 12.9. The van der Waals surface area contributed by atoms with Gasteiger partial charge in [0.15, 0.2) is 0 Å². The third-order valence-electron chi connectivity index (χ3n) is 2.83. The van der Waals surface area contributed by atoms with Crippen LogP contribution in [0.5, 0.6) is 0 Å². The summed E-state index contributed by atoms with van der Waals surface area (Å²) in [7, 11) is 0. The summed E-state index contributed by atoms with van der Waals surface area (Å²) in [6.45, 7) is 3.96. The van der Waals surface area contributed by atoms with Crippen LogP contribution in [0, 0.1) is 5.82 Å². The maximum atomic E-state index is 13.0. The molecule has 0 radical (unpaired) electrons.